The highest BCUT2D eigenvalue weighted by atomic mass is 32.1. The van der Waals surface area contributed by atoms with Crippen LogP contribution in [0.25, 0.3) is 16.2 Å². The number of hydrogen-bond donors (Lipinski definition) is 2. The first-order valence-electron chi connectivity index (χ1n) is 13.9. The molecule has 43 heavy (non-hydrogen) atoms. The molecule has 0 saturated carbocycles. The average Bonchev–Trinajstić information content (AvgIpc) is 3.59. The van der Waals surface area contributed by atoms with E-state index in [0.29, 0.717) is 54.8 Å². The maximum absolute atomic E-state index is 12.6. The molecule has 2 unspecified atom stereocenters. The van der Waals surface area contributed by atoms with Gasteiger partial charge < -0.3 is 29.3 Å². The van der Waals surface area contributed by atoms with Gasteiger partial charge in [-0.1, -0.05) is 26.5 Å². The Morgan fingerprint density at radius 3 is 2.16 bits per heavy atom. The van der Waals surface area contributed by atoms with Crippen molar-refractivity contribution in [3.63, 3.8) is 0 Å². The molecule has 2 aromatic carbocycles. The molecule has 2 heterocycles. The number of benzene rings is 2. The van der Waals surface area contributed by atoms with Gasteiger partial charge in [0.25, 0.3) is 0 Å². The van der Waals surface area contributed by atoms with Crippen LogP contribution in [-0.4, -0.2) is 59.1 Å². The van der Waals surface area contributed by atoms with E-state index in [2.05, 4.69) is 6.58 Å². The lowest BCUT2D eigenvalue weighted by molar-refractivity contribution is -0.145. The number of methoxy groups -OCH3 is 1. The van der Waals surface area contributed by atoms with Crippen LogP contribution in [0, 0.1) is 11.8 Å². The molecule has 2 N–H and O–H groups in total. The van der Waals surface area contributed by atoms with E-state index in [4.69, 9.17) is 24.4 Å². The predicted molar refractivity (Wildman–Crippen MR) is 162 cm³/mol. The van der Waals surface area contributed by atoms with Crippen LogP contribution in [0.15, 0.2) is 36.9 Å². The summed E-state index contributed by atoms with van der Waals surface area (Å²) in [4.78, 5) is 49.6. The minimum atomic E-state index is -1.00. The number of nitrogens with zero attached hydrogens (tertiary/aromatic N) is 1. The molecule has 1 aliphatic heterocycles. The number of carbonyl (C=O) groups is 4. The van der Waals surface area contributed by atoms with Crippen molar-refractivity contribution in [2.45, 2.75) is 46.2 Å². The van der Waals surface area contributed by atoms with E-state index >= 15 is 0 Å². The Balaban J connectivity index is 1.34. The van der Waals surface area contributed by atoms with Crippen LogP contribution in [0.3, 0.4) is 0 Å². The molecule has 0 saturated heterocycles. The summed E-state index contributed by atoms with van der Waals surface area (Å²) >= 11 is 1.29. The van der Waals surface area contributed by atoms with Crippen molar-refractivity contribution < 1.29 is 43.6 Å². The van der Waals surface area contributed by atoms with Gasteiger partial charge in [-0.2, -0.15) is 0 Å². The maximum Gasteiger partial charge on any atom is 0.306 e. The standard InChI is InChI=1S/C32H35NO9S/c1-5-20-11-22-16-33(30(35)10-19(3)32(38)39)17-23(22)13-25(20)41-7-6-8-42-27-12-21-14-29(24(34)9-18(2)31(36)37)43-28(21)15-26(27)40-4/h5,11-15,18-19H,1,6-10,16-17H2,2-4H3,(H,36,37)(H,38,39). The summed E-state index contributed by atoms with van der Waals surface area (Å²) in [6, 6.07) is 9.22. The number of ether oxygens (including phenoxy) is 3. The number of carboxylic acids is 2. The van der Waals surface area contributed by atoms with Gasteiger partial charge in [0.2, 0.25) is 5.91 Å². The molecule has 11 heteroatoms. The third-order valence-corrected chi connectivity index (χ3v) is 8.46. The van der Waals surface area contributed by atoms with Gasteiger partial charge in [0.05, 0.1) is 37.0 Å². The number of thiophene rings is 1. The van der Waals surface area contributed by atoms with Gasteiger partial charge in [0.1, 0.15) is 5.75 Å². The van der Waals surface area contributed by atoms with E-state index in [-0.39, 0.29) is 24.5 Å². The Labute approximate surface area is 253 Å². The van der Waals surface area contributed by atoms with Gasteiger partial charge in [-0.05, 0) is 40.8 Å². The molecule has 1 amide bonds. The summed E-state index contributed by atoms with van der Waals surface area (Å²) in [6.45, 7) is 8.44. The number of ketones is 1. The zero-order chi connectivity index (χ0) is 31.3. The van der Waals surface area contributed by atoms with Crippen molar-refractivity contribution in [2.24, 2.45) is 11.8 Å². The van der Waals surface area contributed by atoms with Gasteiger partial charge in [-0.15, -0.1) is 11.3 Å². The van der Waals surface area contributed by atoms with Gasteiger partial charge >= 0.3 is 11.9 Å². The summed E-state index contributed by atoms with van der Waals surface area (Å²) in [5.41, 5.74) is 2.75. The number of aliphatic carboxylic acids is 2. The van der Waals surface area contributed by atoms with Crippen molar-refractivity contribution in [1.29, 1.82) is 0 Å². The first kappa shape index (κ1) is 31.6. The molecular weight excluding hydrogens is 574 g/mol. The van der Waals surface area contributed by atoms with Crippen molar-refractivity contribution in [3.05, 3.63) is 58.5 Å². The lowest BCUT2D eigenvalue weighted by Gasteiger charge is -2.16. The van der Waals surface area contributed by atoms with E-state index in [9.17, 15) is 19.2 Å². The van der Waals surface area contributed by atoms with Gasteiger partial charge in [-0.25, -0.2) is 0 Å². The van der Waals surface area contributed by atoms with Crippen LogP contribution in [0.4, 0.5) is 0 Å². The number of fused-ring (bicyclic) bond motifs is 2. The third-order valence-electron chi connectivity index (χ3n) is 7.32. The van der Waals surface area contributed by atoms with Gasteiger partial charge in [0, 0.05) is 48.7 Å². The molecule has 0 aliphatic carbocycles. The SMILES string of the molecule is C=Cc1cc2c(cc1OCCCOc1cc3cc(C(=O)CC(C)C(=O)O)sc3cc1OC)CN(C(=O)CC(C)C(=O)O)C2. The van der Waals surface area contributed by atoms with E-state index in [0.717, 1.165) is 26.8 Å². The zero-order valence-corrected chi connectivity index (χ0v) is 25.2. The first-order valence-corrected chi connectivity index (χ1v) is 14.7. The molecule has 3 aromatic rings. The first-order chi connectivity index (χ1) is 20.5. The second-order valence-corrected chi connectivity index (χ2v) is 11.7. The highest BCUT2D eigenvalue weighted by molar-refractivity contribution is 7.20. The quantitative estimate of drug-likeness (QED) is 0.165. The van der Waals surface area contributed by atoms with Crippen molar-refractivity contribution in [2.75, 3.05) is 20.3 Å². The Hall–Kier alpha value is -4.38. The third kappa shape index (κ3) is 7.53. The van der Waals surface area contributed by atoms with Gasteiger partial charge in [0.15, 0.2) is 17.3 Å². The molecule has 0 bridgehead atoms. The maximum atomic E-state index is 12.6. The summed E-state index contributed by atoms with van der Waals surface area (Å²) in [7, 11) is 1.54. The monoisotopic (exact) mass is 609 g/mol. The van der Waals surface area contributed by atoms with Crippen LogP contribution in [-0.2, 0) is 27.5 Å². The number of carbonyl (C=O) groups excluding carboxylic acids is 2. The Bertz CT molecular complexity index is 1560. The molecule has 1 aliphatic rings. The highest BCUT2D eigenvalue weighted by Crippen LogP contribution is 2.37. The predicted octanol–water partition coefficient (Wildman–Crippen LogP) is 5.65. The number of amides is 1. The number of Topliss-reactive ketones (excluding diaryl/α,β-unsaturated/α-hetero) is 1. The summed E-state index contributed by atoms with van der Waals surface area (Å²) in [5.74, 6) is -2.21. The van der Waals surface area contributed by atoms with Crippen LogP contribution < -0.4 is 14.2 Å². The van der Waals surface area contributed by atoms with Crippen LogP contribution in [0.1, 0.15) is 59.5 Å². The fraction of sp³-hybridized carbons (Fsp3) is 0.375. The van der Waals surface area contributed by atoms with Crippen molar-refractivity contribution in [3.8, 4) is 17.2 Å². The van der Waals surface area contributed by atoms with Gasteiger partial charge in [-0.3, -0.25) is 19.2 Å². The number of rotatable bonds is 15. The minimum Gasteiger partial charge on any atom is -0.493 e. The fourth-order valence-corrected chi connectivity index (χ4v) is 5.75. The molecule has 0 radical (unpaired) electrons. The van der Waals surface area contributed by atoms with Crippen LogP contribution in [0.5, 0.6) is 17.2 Å². The smallest absolute Gasteiger partial charge is 0.306 e. The molecule has 10 nitrogen and oxygen atoms in total. The molecular formula is C32H35NO9S. The van der Waals surface area contributed by atoms with E-state index in [1.165, 1.54) is 32.3 Å². The van der Waals surface area contributed by atoms with Crippen molar-refractivity contribution in [1.82, 2.24) is 4.90 Å². The van der Waals surface area contributed by atoms with Crippen LogP contribution in [0.2, 0.25) is 0 Å². The Kier molecular flexibility index (Phi) is 10.1. The lowest BCUT2D eigenvalue weighted by atomic mass is 10.0. The summed E-state index contributed by atoms with van der Waals surface area (Å²) < 4.78 is 18.4. The fourth-order valence-electron chi connectivity index (χ4n) is 4.73. The molecule has 0 fully saturated rings. The number of carboxylic acid groups (broad SMARTS) is 2. The summed E-state index contributed by atoms with van der Waals surface area (Å²) in [5, 5.41) is 19.0. The molecule has 4 rings (SSSR count). The molecule has 1 aromatic heterocycles. The zero-order valence-electron chi connectivity index (χ0n) is 24.4. The largest absolute Gasteiger partial charge is 0.493 e. The van der Waals surface area contributed by atoms with Crippen LogP contribution >= 0.6 is 11.3 Å². The minimum absolute atomic E-state index is 0.0452. The average molecular weight is 610 g/mol. The Morgan fingerprint density at radius 2 is 1.53 bits per heavy atom. The van der Waals surface area contributed by atoms with E-state index < -0.39 is 23.8 Å². The lowest BCUT2D eigenvalue weighted by Crippen LogP contribution is -2.28. The number of hydrogen-bond acceptors (Lipinski definition) is 8. The molecule has 0 spiro atoms. The van der Waals surface area contributed by atoms with E-state index in [1.54, 1.807) is 23.1 Å². The summed E-state index contributed by atoms with van der Waals surface area (Å²) in [6.07, 6.45) is 2.15. The Morgan fingerprint density at radius 1 is 0.907 bits per heavy atom. The second kappa shape index (κ2) is 13.7. The van der Waals surface area contributed by atoms with Crippen molar-refractivity contribution >= 4 is 51.1 Å². The molecule has 228 valence electrons. The molecule has 2 atom stereocenters. The topological polar surface area (TPSA) is 140 Å². The van der Waals surface area contributed by atoms with E-state index in [1.807, 2.05) is 18.2 Å². The highest BCUT2D eigenvalue weighted by Gasteiger charge is 2.27. The second-order valence-electron chi connectivity index (χ2n) is 10.6. The normalized spacial score (nSPS) is 13.7.